The first-order valence-electron chi connectivity index (χ1n) is 2.91. The van der Waals surface area contributed by atoms with E-state index in [1.807, 2.05) is 6.07 Å². The summed E-state index contributed by atoms with van der Waals surface area (Å²) in [6.45, 7) is 0. The molecule has 11 heavy (non-hydrogen) atoms. The van der Waals surface area contributed by atoms with Gasteiger partial charge in [0.2, 0.25) is 0 Å². The van der Waals surface area contributed by atoms with Crippen LogP contribution in [-0.4, -0.2) is 4.57 Å². The molecule has 56 valence electrons. The molecule has 1 heterocycles. The van der Waals surface area contributed by atoms with Crippen molar-refractivity contribution in [3.63, 3.8) is 0 Å². The standard InChI is InChI=1S/C7H5BrN2O/c1-10-4-5(3-9)2-6(8)7(10)11/h2,4H,1H3. The maximum absolute atomic E-state index is 11.0. The van der Waals surface area contributed by atoms with Crippen LogP contribution in [0.1, 0.15) is 5.56 Å². The molecule has 3 nitrogen and oxygen atoms in total. The van der Waals surface area contributed by atoms with Crippen LogP contribution in [0.25, 0.3) is 0 Å². The highest BCUT2D eigenvalue weighted by atomic mass is 79.9. The van der Waals surface area contributed by atoms with Crippen LogP contribution in [0.15, 0.2) is 21.5 Å². The summed E-state index contributed by atoms with van der Waals surface area (Å²) in [6, 6.07) is 3.45. The van der Waals surface area contributed by atoms with E-state index in [2.05, 4.69) is 15.9 Å². The van der Waals surface area contributed by atoms with Crippen LogP contribution >= 0.6 is 15.9 Å². The van der Waals surface area contributed by atoms with Crippen LogP contribution in [0, 0.1) is 11.3 Å². The van der Waals surface area contributed by atoms with E-state index in [1.165, 1.54) is 16.8 Å². The zero-order valence-electron chi connectivity index (χ0n) is 5.84. The maximum atomic E-state index is 11.0. The van der Waals surface area contributed by atoms with Crippen molar-refractivity contribution in [3.8, 4) is 6.07 Å². The molecule has 0 N–H and O–H groups in total. The van der Waals surface area contributed by atoms with Gasteiger partial charge in [-0.1, -0.05) is 0 Å². The van der Waals surface area contributed by atoms with E-state index < -0.39 is 0 Å². The Morgan fingerprint density at radius 3 is 2.82 bits per heavy atom. The molecule has 0 spiro atoms. The predicted molar refractivity (Wildman–Crippen MR) is 44.1 cm³/mol. The molecule has 0 unspecified atom stereocenters. The van der Waals surface area contributed by atoms with E-state index in [1.54, 1.807) is 7.05 Å². The van der Waals surface area contributed by atoms with Gasteiger partial charge in [0.15, 0.2) is 0 Å². The van der Waals surface area contributed by atoms with Crippen molar-refractivity contribution in [2.24, 2.45) is 7.05 Å². The minimum absolute atomic E-state index is 0.135. The third kappa shape index (κ3) is 1.49. The first-order valence-corrected chi connectivity index (χ1v) is 3.70. The van der Waals surface area contributed by atoms with E-state index in [0.717, 1.165) is 0 Å². The second kappa shape index (κ2) is 2.89. The minimum Gasteiger partial charge on any atom is -0.316 e. The van der Waals surface area contributed by atoms with Gasteiger partial charge in [0.05, 0.1) is 10.0 Å². The molecule has 0 aliphatic rings. The summed E-state index contributed by atoms with van der Waals surface area (Å²) in [4.78, 5) is 11.0. The summed E-state index contributed by atoms with van der Waals surface area (Å²) in [5, 5.41) is 8.49. The van der Waals surface area contributed by atoms with E-state index in [4.69, 9.17) is 5.26 Å². The van der Waals surface area contributed by atoms with Crippen LogP contribution in [0.4, 0.5) is 0 Å². The van der Waals surface area contributed by atoms with Gasteiger partial charge in [-0.15, -0.1) is 0 Å². The fourth-order valence-electron chi connectivity index (χ4n) is 0.732. The third-order valence-corrected chi connectivity index (χ3v) is 1.84. The second-order valence-corrected chi connectivity index (χ2v) is 2.96. The molecular formula is C7H5BrN2O. The van der Waals surface area contributed by atoms with Crippen LogP contribution < -0.4 is 5.56 Å². The van der Waals surface area contributed by atoms with Gasteiger partial charge < -0.3 is 4.57 Å². The SMILES string of the molecule is Cn1cc(C#N)cc(Br)c1=O. The molecule has 0 saturated heterocycles. The first-order chi connectivity index (χ1) is 5.15. The Hall–Kier alpha value is -1.08. The highest BCUT2D eigenvalue weighted by Crippen LogP contribution is 2.04. The lowest BCUT2D eigenvalue weighted by molar-refractivity contribution is 0.850. The molecule has 0 fully saturated rings. The second-order valence-electron chi connectivity index (χ2n) is 2.10. The van der Waals surface area contributed by atoms with Crippen LogP contribution in [0.2, 0.25) is 0 Å². The smallest absolute Gasteiger partial charge is 0.264 e. The molecule has 0 radical (unpaired) electrons. The molecule has 1 aromatic heterocycles. The average Bonchev–Trinajstić information content (AvgIpc) is 1.99. The number of rotatable bonds is 0. The monoisotopic (exact) mass is 212 g/mol. The molecule has 0 aliphatic carbocycles. The summed E-state index contributed by atoms with van der Waals surface area (Å²) in [5.41, 5.74) is 0.336. The maximum Gasteiger partial charge on any atom is 0.264 e. The zero-order chi connectivity index (χ0) is 8.43. The predicted octanol–water partition coefficient (Wildman–Crippen LogP) is 1.02. The van der Waals surface area contributed by atoms with Crippen molar-refractivity contribution < 1.29 is 0 Å². The summed E-state index contributed by atoms with van der Waals surface area (Å²) in [7, 11) is 1.61. The molecule has 0 aromatic carbocycles. The number of aryl methyl sites for hydroxylation is 1. The topological polar surface area (TPSA) is 45.8 Å². The lowest BCUT2D eigenvalue weighted by Crippen LogP contribution is -2.16. The molecule has 0 atom stereocenters. The van der Waals surface area contributed by atoms with Crippen molar-refractivity contribution in [3.05, 3.63) is 32.7 Å². The molecule has 1 aromatic rings. The van der Waals surface area contributed by atoms with Crippen molar-refractivity contribution in [2.45, 2.75) is 0 Å². The number of nitrogens with zero attached hydrogens (tertiary/aromatic N) is 2. The largest absolute Gasteiger partial charge is 0.316 e. The highest BCUT2D eigenvalue weighted by molar-refractivity contribution is 9.10. The fourth-order valence-corrected chi connectivity index (χ4v) is 1.26. The fraction of sp³-hybridized carbons (Fsp3) is 0.143. The number of nitriles is 1. The zero-order valence-corrected chi connectivity index (χ0v) is 7.42. The normalized spacial score (nSPS) is 9.18. The quantitative estimate of drug-likeness (QED) is 0.645. The molecular weight excluding hydrogens is 208 g/mol. The van der Waals surface area contributed by atoms with Crippen LogP contribution in [0.5, 0.6) is 0 Å². The Labute approximate surface area is 72.0 Å². The number of hydrogen-bond donors (Lipinski definition) is 0. The highest BCUT2D eigenvalue weighted by Gasteiger charge is 1.99. The molecule has 1 rings (SSSR count). The Morgan fingerprint density at radius 1 is 1.73 bits per heavy atom. The summed E-state index contributed by atoms with van der Waals surface area (Å²) in [5.74, 6) is 0. The first kappa shape index (κ1) is 8.02. The van der Waals surface area contributed by atoms with Gasteiger partial charge in [0, 0.05) is 13.2 Å². The van der Waals surface area contributed by atoms with Crippen LogP contribution in [-0.2, 0) is 7.05 Å². The minimum atomic E-state index is -0.135. The third-order valence-electron chi connectivity index (χ3n) is 1.27. The Bertz CT molecular complexity index is 349. The molecule has 0 aliphatic heterocycles. The van der Waals surface area contributed by atoms with Gasteiger partial charge in [-0.2, -0.15) is 5.26 Å². The van der Waals surface area contributed by atoms with Crippen molar-refractivity contribution in [1.82, 2.24) is 4.57 Å². The van der Waals surface area contributed by atoms with Gasteiger partial charge in [0.1, 0.15) is 6.07 Å². The average molecular weight is 213 g/mol. The molecule has 0 saturated carbocycles. The van der Waals surface area contributed by atoms with Gasteiger partial charge in [-0.25, -0.2) is 0 Å². The Morgan fingerprint density at radius 2 is 2.36 bits per heavy atom. The van der Waals surface area contributed by atoms with Crippen molar-refractivity contribution >= 4 is 15.9 Å². The van der Waals surface area contributed by atoms with Crippen molar-refractivity contribution in [1.29, 1.82) is 5.26 Å². The van der Waals surface area contributed by atoms with E-state index in [-0.39, 0.29) is 5.56 Å². The van der Waals surface area contributed by atoms with E-state index in [9.17, 15) is 4.79 Å². The van der Waals surface area contributed by atoms with Crippen molar-refractivity contribution in [2.75, 3.05) is 0 Å². The van der Waals surface area contributed by atoms with E-state index in [0.29, 0.717) is 10.0 Å². The Kier molecular flexibility index (Phi) is 2.11. The number of halogens is 1. The lowest BCUT2D eigenvalue weighted by atomic mass is 10.3. The van der Waals surface area contributed by atoms with Gasteiger partial charge in [-0.3, -0.25) is 4.79 Å². The van der Waals surface area contributed by atoms with Gasteiger partial charge in [0.25, 0.3) is 5.56 Å². The van der Waals surface area contributed by atoms with E-state index >= 15 is 0 Å². The Balaban J connectivity index is 3.47. The summed E-state index contributed by atoms with van der Waals surface area (Å²) in [6.07, 6.45) is 1.49. The van der Waals surface area contributed by atoms with Gasteiger partial charge >= 0.3 is 0 Å². The number of aromatic nitrogens is 1. The lowest BCUT2D eigenvalue weighted by Gasteiger charge is -1.97. The summed E-state index contributed by atoms with van der Waals surface area (Å²) >= 11 is 3.05. The molecule has 0 bridgehead atoms. The molecule has 4 heteroatoms. The number of pyridine rings is 1. The molecule has 0 amide bonds. The van der Waals surface area contributed by atoms with Crippen LogP contribution in [0.3, 0.4) is 0 Å². The number of hydrogen-bond acceptors (Lipinski definition) is 2. The van der Waals surface area contributed by atoms with Gasteiger partial charge in [-0.05, 0) is 22.0 Å². The summed E-state index contributed by atoms with van der Waals surface area (Å²) < 4.78 is 1.78.